The second kappa shape index (κ2) is 11.2. The molecular weight excluding hydrogens is 386 g/mol. The smallest absolute Gasteiger partial charge is 0.191 e. The molecule has 2 aliphatic rings. The van der Waals surface area contributed by atoms with E-state index in [4.69, 9.17) is 9.72 Å². The average molecular weight is 424 g/mol. The molecule has 2 aliphatic heterocycles. The number of aliphatic imine (C=N–C) groups is 1. The summed E-state index contributed by atoms with van der Waals surface area (Å²) in [5, 5.41) is 19.8. The molecule has 8 heteroatoms. The molecule has 0 amide bonds. The van der Waals surface area contributed by atoms with Crippen LogP contribution in [0.4, 0.5) is 0 Å². The Labute approximate surface area is 179 Å². The largest absolute Gasteiger partial charge is 0.396 e. The van der Waals surface area contributed by atoms with Crippen LogP contribution < -0.4 is 10.6 Å². The normalized spacial score (nSPS) is 24.2. The molecule has 29 heavy (non-hydrogen) atoms. The molecule has 0 bridgehead atoms. The van der Waals surface area contributed by atoms with E-state index in [2.05, 4.69) is 32.8 Å². The van der Waals surface area contributed by atoms with Crippen molar-refractivity contribution in [3.05, 3.63) is 16.1 Å². The van der Waals surface area contributed by atoms with Crippen LogP contribution in [0.2, 0.25) is 0 Å². The first-order chi connectivity index (χ1) is 14.2. The van der Waals surface area contributed by atoms with Gasteiger partial charge < -0.3 is 20.5 Å². The van der Waals surface area contributed by atoms with E-state index >= 15 is 0 Å². The standard InChI is InChI=1S/C21H37N5O2S/c1-3-19-25-18(14-29-19)13-26-8-4-17(5-9-26)12-23-20(22-2)24-15-21(6-10-27)7-11-28-16-21/h14,17,27H,3-13,15-16H2,1-2H3,(H2,22,23,24). The monoisotopic (exact) mass is 423 g/mol. The number of nitrogens with one attached hydrogen (secondary N) is 2. The lowest BCUT2D eigenvalue weighted by Gasteiger charge is -2.32. The van der Waals surface area contributed by atoms with Crippen LogP contribution in [0.15, 0.2) is 10.4 Å². The molecule has 3 rings (SSSR count). The number of hydrogen-bond acceptors (Lipinski definition) is 6. The summed E-state index contributed by atoms with van der Waals surface area (Å²) < 4.78 is 5.57. The lowest BCUT2D eigenvalue weighted by Crippen LogP contribution is -2.46. The van der Waals surface area contributed by atoms with Crippen LogP contribution in [0.1, 0.15) is 43.3 Å². The zero-order chi connectivity index (χ0) is 20.5. The minimum Gasteiger partial charge on any atom is -0.396 e. The maximum atomic E-state index is 9.38. The van der Waals surface area contributed by atoms with Crippen molar-refractivity contribution in [1.29, 1.82) is 0 Å². The van der Waals surface area contributed by atoms with Crippen LogP contribution >= 0.6 is 11.3 Å². The van der Waals surface area contributed by atoms with Gasteiger partial charge in [-0.2, -0.15) is 0 Å². The molecule has 1 aromatic rings. The number of aliphatic hydroxyl groups is 1. The quantitative estimate of drug-likeness (QED) is 0.416. The first-order valence-corrected chi connectivity index (χ1v) is 11.8. The van der Waals surface area contributed by atoms with Crippen LogP contribution in [0.5, 0.6) is 0 Å². The van der Waals surface area contributed by atoms with Crippen LogP contribution in [0, 0.1) is 11.3 Å². The van der Waals surface area contributed by atoms with Crippen LogP contribution in [-0.2, 0) is 17.7 Å². The Balaban J connectivity index is 1.36. The minimum absolute atomic E-state index is 0.0328. The Kier molecular flexibility index (Phi) is 8.71. The van der Waals surface area contributed by atoms with Gasteiger partial charge in [0.1, 0.15) is 0 Å². The number of aromatic nitrogens is 1. The van der Waals surface area contributed by atoms with Gasteiger partial charge in [0, 0.05) is 50.7 Å². The van der Waals surface area contributed by atoms with Gasteiger partial charge in [-0.25, -0.2) is 4.98 Å². The summed E-state index contributed by atoms with van der Waals surface area (Å²) in [7, 11) is 1.82. The first-order valence-electron chi connectivity index (χ1n) is 10.9. The zero-order valence-corrected chi connectivity index (χ0v) is 18.8. The molecule has 0 aliphatic carbocycles. The van der Waals surface area contributed by atoms with Crippen molar-refractivity contribution in [2.24, 2.45) is 16.3 Å². The Bertz CT molecular complexity index is 637. The van der Waals surface area contributed by atoms with Crippen molar-refractivity contribution >= 4 is 17.3 Å². The van der Waals surface area contributed by atoms with Crippen molar-refractivity contribution in [2.45, 2.75) is 45.6 Å². The van der Waals surface area contributed by atoms with Crippen molar-refractivity contribution in [2.75, 3.05) is 53.0 Å². The average Bonchev–Trinajstić information content (AvgIpc) is 3.39. The van der Waals surface area contributed by atoms with Gasteiger partial charge in [-0.15, -0.1) is 11.3 Å². The van der Waals surface area contributed by atoms with Crippen molar-refractivity contribution < 1.29 is 9.84 Å². The number of rotatable bonds is 9. The zero-order valence-electron chi connectivity index (χ0n) is 18.0. The third kappa shape index (κ3) is 6.64. The lowest BCUT2D eigenvalue weighted by atomic mass is 9.84. The van der Waals surface area contributed by atoms with Gasteiger partial charge in [-0.3, -0.25) is 9.89 Å². The topological polar surface area (TPSA) is 82.0 Å². The molecule has 2 fully saturated rings. The van der Waals surface area contributed by atoms with Gasteiger partial charge in [0.25, 0.3) is 0 Å². The number of aryl methyl sites for hydroxylation is 1. The highest BCUT2D eigenvalue weighted by Gasteiger charge is 2.34. The molecule has 0 radical (unpaired) electrons. The number of ether oxygens (including phenoxy) is 1. The van der Waals surface area contributed by atoms with Crippen molar-refractivity contribution in [3.63, 3.8) is 0 Å². The highest BCUT2D eigenvalue weighted by Crippen LogP contribution is 2.31. The van der Waals surface area contributed by atoms with Crippen LogP contribution in [-0.4, -0.2) is 74.0 Å². The molecule has 2 saturated heterocycles. The van der Waals surface area contributed by atoms with Gasteiger partial charge in [0.2, 0.25) is 0 Å². The second-order valence-electron chi connectivity index (χ2n) is 8.39. The van der Waals surface area contributed by atoms with Gasteiger partial charge in [0.05, 0.1) is 17.3 Å². The molecule has 0 saturated carbocycles. The van der Waals surface area contributed by atoms with Gasteiger partial charge >= 0.3 is 0 Å². The van der Waals surface area contributed by atoms with E-state index < -0.39 is 0 Å². The highest BCUT2D eigenvalue weighted by molar-refractivity contribution is 7.09. The maximum Gasteiger partial charge on any atom is 0.191 e. The number of piperidine rings is 1. The number of likely N-dealkylation sites (tertiary alicyclic amines) is 1. The predicted octanol–water partition coefficient (Wildman–Crippen LogP) is 1.87. The summed E-state index contributed by atoms with van der Waals surface area (Å²) in [6.45, 7) is 8.86. The van der Waals surface area contributed by atoms with E-state index in [1.807, 2.05) is 7.05 Å². The number of aliphatic hydroxyl groups excluding tert-OH is 1. The van der Waals surface area contributed by atoms with E-state index in [9.17, 15) is 5.11 Å². The van der Waals surface area contributed by atoms with Gasteiger partial charge in [-0.05, 0) is 51.1 Å². The number of guanidine groups is 1. The number of hydrogen-bond donors (Lipinski definition) is 3. The Morgan fingerprint density at radius 3 is 2.86 bits per heavy atom. The van der Waals surface area contributed by atoms with E-state index in [1.54, 1.807) is 11.3 Å². The third-order valence-electron chi connectivity index (χ3n) is 6.23. The predicted molar refractivity (Wildman–Crippen MR) is 118 cm³/mol. The molecule has 3 heterocycles. The van der Waals surface area contributed by atoms with E-state index in [0.29, 0.717) is 5.92 Å². The fourth-order valence-corrected chi connectivity index (χ4v) is 4.94. The molecule has 0 spiro atoms. The lowest BCUT2D eigenvalue weighted by molar-refractivity contribution is 0.127. The van der Waals surface area contributed by atoms with E-state index in [0.717, 1.165) is 71.2 Å². The van der Waals surface area contributed by atoms with E-state index in [1.165, 1.54) is 23.5 Å². The fraction of sp³-hybridized carbons (Fsp3) is 0.810. The van der Waals surface area contributed by atoms with Crippen LogP contribution in [0.25, 0.3) is 0 Å². The minimum atomic E-state index is 0.0328. The third-order valence-corrected chi connectivity index (χ3v) is 7.28. The summed E-state index contributed by atoms with van der Waals surface area (Å²) in [6.07, 6.45) is 5.21. The van der Waals surface area contributed by atoms with Crippen molar-refractivity contribution in [1.82, 2.24) is 20.5 Å². The molecule has 1 atom stereocenters. The summed E-state index contributed by atoms with van der Waals surface area (Å²) in [5.41, 5.74) is 1.26. The molecule has 164 valence electrons. The molecule has 1 aromatic heterocycles. The SMILES string of the molecule is CCc1nc(CN2CCC(CNC(=NC)NCC3(CCO)CCOC3)CC2)cs1. The molecule has 0 aromatic carbocycles. The summed E-state index contributed by atoms with van der Waals surface area (Å²) in [4.78, 5) is 11.6. The number of thiazole rings is 1. The molecule has 7 nitrogen and oxygen atoms in total. The Morgan fingerprint density at radius 2 is 2.24 bits per heavy atom. The molecule has 3 N–H and O–H groups in total. The Hall–Kier alpha value is -1.22. The Morgan fingerprint density at radius 1 is 1.41 bits per heavy atom. The molecular formula is C21H37N5O2S. The van der Waals surface area contributed by atoms with Crippen LogP contribution in [0.3, 0.4) is 0 Å². The number of nitrogens with zero attached hydrogens (tertiary/aromatic N) is 3. The van der Waals surface area contributed by atoms with Crippen molar-refractivity contribution in [3.8, 4) is 0 Å². The maximum absolute atomic E-state index is 9.38. The highest BCUT2D eigenvalue weighted by atomic mass is 32.1. The first kappa shape index (κ1) is 22.5. The second-order valence-corrected chi connectivity index (χ2v) is 9.33. The van der Waals surface area contributed by atoms with Gasteiger partial charge in [0.15, 0.2) is 5.96 Å². The fourth-order valence-electron chi connectivity index (χ4n) is 4.21. The summed E-state index contributed by atoms with van der Waals surface area (Å²) in [5.74, 6) is 1.53. The summed E-state index contributed by atoms with van der Waals surface area (Å²) >= 11 is 1.78. The molecule has 1 unspecified atom stereocenters. The van der Waals surface area contributed by atoms with E-state index in [-0.39, 0.29) is 12.0 Å². The van der Waals surface area contributed by atoms with Gasteiger partial charge in [-0.1, -0.05) is 6.92 Å². The summed E-state index contributed by atoms with van der Waals surface area (Å²) in [6, 6.07) is 0.